The van der Waals surface area contributed by atoms with E-state index < -0.39 is 0 Å². The highest BCUT2D eigenvalue weighted by atomic mass is 19.1. The largest absolute Gasteiger partial charge is 0.472 e. The number of nitrogens with zero attached hydrogens (tertiary/aromatic N) is 2. The van der Waals surface area contributed by atoms with Crippen molar-refractivity contribution in [3.8, 4) is 5.88 Å². The third kappa shape index (κ3) is 4.24. The fourth-order valence-corrected chi connectivity index (χ4v) is 2.57. The number of carbonyl (C=O) groups is 1. The van der Waals surface area contributed by atoms with Gasteiger partial charge < -0.3 is 15.0 Å². The fraction of sp³-hybridized carbons (Fsp3) is 0.211. The van der Waals surface area contributed by atoms with Crippen LogP contribution in [0.15, 0.2) is 48.9 Å². The van der Waals surface area contributed by atoms with Crippen molar-refractivity contribution in [3.63, 3.8) is 0 Å². The summed E-state index contributed by atoms with van der Waals surface area (Å²) >= 11 is 0. The first-order chi connectivity index (χ1) is 12.7. The van der Waals surface area contributed by atoms with Crippen LogP contribution >= 0.6 is 0 Å². The van der Waals surface area contributed by atoms with Crippen molar-refractivity contribution < 1.29 is 13.9 Å². The van der Waals surface area contributed by atoms with Gasteiger partial charge in [-0.2, -0.15) is 0 Å². The molecule has 0 radical (unpaired) electrons. The number of rotatable bonds is 7. The normalized spacial score (nSPS) is 11.2. The first kappa shape index (κ1) is 17.6. The van der Waals surface area contributed by atoms with Crippen molar-refractivity contribution in [1.29, 1.82) is 0 Å². The van der Waals surface area contributed by atoms with E-state index in [0.717, 1.165) is 10.9 Å². The molecular formula is C19H19FN4O2. The van der Waals surface area contributed by atoms with Gasteiger partial charge in [0.2, 0.25) is 11.8 Å². The zero-order chi connectivity index (χ0) is 18.4. The van der Waals surface area contributed by atoms with E-state index in [-0.39, 0.29) is 18.3 Å². The number of aromatic amines is 1. The number of fused-ring (bicyclic) bond motifs is 1. The number of hydrogen-bond acceptors (Lipinski definition) is 4. The highest BCUT2D eigenvalue weighted by Gasteiger charge is 2.12. The molecule has 6 nitrogen and oxygen atoms in total. The maximum absolute atomic E-state index is 13.3. The van der Waals surface area contributed by atoms with Crippen LogP contribution in [0.2, 0.25) is 0 Å². The lowest BCUT2D eigenvalue weighted by molar-refractivity contribution is -0.116. The van der Waals surface area contributed by atoms with E-state index in [4.69, 9.17) is 4.74 Å². The number of H-pyrrole nitrogens is 1. The van der Waals surface area contributed by atoms with E-state index >= 15 is 0 Å². The van der Waals surface area contributed by atoms with E-state index in [1.54, 1.807) is 18.2 Å². The van der Waals surface area contributed by atoms with Gasteiger partial charge in [-0.15, -0.1) is 0 Å². The number of nitrogens with one attached hydrogen (secondary N) is 2. The molecule has 2 aromatic heterocycles. The summed E-state index contributed by atoms with van der Waals surface area (Å²) in [4.78, 5) is 23.0. The van der Waals surface area contributed by atoms with Crippen LogP contribution in [0.5, 0.6) is 5.88 Å². The van der Waals surface area contributed by atoms with E-state index in [9.17, 15) is 9.18 Å². The van der Waals surface area contributed by atoms with Gasteiger partial charge in [0.25, 0.3) is 0 Å². The molecule has 7 heteroatoms. The van der Waals surface area contributed by atoms with E-state index in [1.807, 2.05) is 13.1 Å². The highest BCUT2D eigenvalue weighted by Crippen LogP contribution is 2.26. The van der Waals surface area contributed by atoms with Gasteiger partial charge in [-0.3, -0.25) is 4.79 Å². The second-order valence-corrected chi connectivity index (χ2v) is 5.64. The van der Waals surface area contributed by atoms with Crippen molar-refractivity contribution in [2.24, 2.45) is 0 Å². The predicted octanol–water partition coefficient (Wildman–Crippen LogP) is 2.91. The molecular weight excluding hydrogens is 335 g/mol. The first-order valence-electron chi connectivity index (χ1n) is 8.30. The number of halogens is 1. The molecule has 26 heavy (non-hydrogen) atoms. The van der Waals surface area contributed by atoms with E-state index in [0.29, 0.717) is 30.1 Å². The maximum Gasteiger partial charge on any atom is 0.243 e. The van der Waals surface area contributed by atoms with Crippen LogP contribution < -0.4 is 10.1 Å². The predicted molar refractivity (Wildman–Crippen MR) is 96.1 cm³/mol. The Morgan fingerprint density at radius 1 is 1.38 bits per heavy atom. The molecule has 0 aliphatic carbocycles. The molecule has 0 saturated heterocycles. The van der Waals surface area contributed by atoms with Gasteiger partial charge in [0.15, 0.2) is 0 Å². The minimum absolute atomic E-state index is 0.133. The lowest BCUT2D eigenvalue weighted by Gasteiger charge is -2.07. The molecule has 1 aromatic carbocycles. The molecule has 2 heterocycles. The number of benzene rings is 1. The molecule has 0 spiro atoms. The molecule has 0 bridgehead atoms. The molecule has 0 atom stereocenters. The Labute approximate surface area is 150 Å². The maximum atomic E-state index is 13.3. The summed E-state index contributed by atoms with van der Waals surface area (Å²) in [7, 11) is 0. The summed E-state index contributed by atoms with van der Waals surface area (Å²) < 4.78 is 19.1. The Bertz CT molecular complexity index is 936. The second kappa shape index (κ2) is 8.24. The summed E-state index contributed by atoms with van der Waals surface area (Å²) in [5.74, 6) is -0.0233. The van der Waals surface area contributed by atoms with Crippen LogP contribution in [0.3, 0.4) is 0 Å². The van der Waals surface area contributed by atoms with Gasteiger partial charge in [-0.25, -0.2) is 14.4 Å². The van der Waals surface area contributed by atoms with Crippen LogP contribution in [0.25, 0.3) is 11.0 Å². The number of likely N-dealkylation sites (N-methyl/N-ethyl adjacent to an activating group) is 1. The van der Waals surface area contributed by atoms with Crippen molar-refractivity contribution in [3.05, 3.63) is 65.9 Å². The third-order valence-electron chi connectivity index (χ3n) is 3.74. The molecule has 0 unspecified atom stereocenters. The van der Waals surface area contributed by atoms with Crippen molar-refractivity contribution in [2.75, 3.05) is 6.54 Å². The summed E-state index contributed by atoms with van der Waals surface area (Å²) in [6, 6.07) is 6.23. The van der Waals surface area contributed by atoms with Crippen LogP contribution in [0, 0.1) is 5.82 Å². The van der Waals surface area contributed by atoms with Crippen molar-refractivity contribution in [1.82, 2.24) is 20.3 Å². The number of amides is 1. The SMILES string of the molecule is CCNC(=O)/C=C/Cc1c[nH]c2ncnc(OCc3cccc(F)c3)c12. The van der Waals surface area contributed by atoms with Crippen LogP contribution in [-0.4, -0.2) is 27.4 Å². The van der Waals surface area contributed by atoms with Crippen molar-refractivity contribution >= 4 is 16.9 Å². The van der Waals surface area contributed by atoms with Crippen LogP contribution in [-0.2, 0) is 17.8 Å². The Balaban J connectivity index is 1.78. The zero-order valence-electron chi connectivity index (χ0n) is 14.3. The topological polar surface area (TPSA) is 79.9 Å². The molecule has 0 fully saturated rings. The molecule has 3 aromatic rings. The smallest absolute Gasteiger partial charge is 0.243 e. The highest BCUT2D eigenvalue weighted by molar-refractivity contribution is 5.88. The van der Waals surface area contributed by atoms with E-state index in [2.05, 4.69) is 20.3 Å². The molecule has 3 rings (SSSR count). The van der Waals surface area contributed by atoms with Gasteiger partial charge in [0, 0.05) is 12.7 Å². The number of carbonyl (C=O) groups excluding carboxylic acids is 1. The lowest BCUT2D eigenvalue weighted by Crippen LogP contribution is -2.19. The molecule has 0 aliphatic heterocycles. The van der Waals surface area contributed by atoms with E-state index in [1.165, 1.54) is 24.5 Å². The number of hydrogen-bond donors (Lipinski definition) is 2. The van der Waals surface area contributed by atoms with Gasteiger partial charge in [0.05, 0.1) is 5.39 Å². The number of ether oxygens (including phenoxy) is 1. The minimum atomic E-state index is -0.309. The molecule has 1 amide bonds. The summed E-state index contributed by atoms with van der Waals surface area (Å²) in [5.41, 5.74) is 2.27. The molecule has 0 aliphatic rings. The minimum Gasteiger partial charge on any atom is -0.472 e. The fourth-order valence-electron chi connectivity index (χ4n) is 2.57. The lowest BCUT2D eigenvalue weighted by atomic mass is 10.1. The van der Waals surface area contributed by atoms with Crippen molar-refractivity contribution in [2.45, 2.75) is 20.0 Å². The Morgan fingerprint density at radius 3 is 3.08 bits per heavy atom. The van der Waals surface area contributed by atoms with Crippen LogP contribution in [0.4, 0.5) is 4.39 Å². The Morgan fingerprint density at radius 2 is 2.27 bits per heavy atom. The molecule has 134 valence electrons. The zero-order valence-corrected chi connectivity index (χ0v) is 14.3. The number of allylic oxidation sites excluding steroid dienone is 1. The Hall–Kier alpha value is -3.22. The van der Waals surface area contributed by atoms with Gasteiger partial charge >= 0.3 is 0 Å². The average molecular weight is 354 g/mol. The molecule has 0 saturated carbocycles. The van der Waals surface area contributed by atoms with Gasteiger partial charge in [-0.05, 0) is 42.7 Å². The standard InChI is InChI=1S/C19H19FN4O2/c1-2-21-16(25)8-4-6-14-10-22-18-17(14)19(24-12-23-18)26-11-13-5-3-7-15(20)9-13/h3-5,7-10,12H,2,6,11H2,1H3,(H,21,25)(H,22,23,24)/b8-4+. The summed E-state index contributed by atoms with van der Waals surface area (Å²) in [6.07, 6.45) is 7.03. The first-order valence-corrected chi connectivity index (χ1v) is 8.30. The summed E-state index contributed by atoms with van der Waals surface area (Å²) in [6.45, 7) is 2.65. The quantitative estimate of drug-likeness (QED) is 0.640. The molecule has 2 N–H and O–H groups in total. The monoisotopic (exact) mass is 354 g/mol. The summed E-state index contributed by atoms with van der Waals surface area (Å²) in [5, 5.41) is 3.46. The third-order valence-corrected chi connectivity index (χ3v) is 3.74. The van der Waals surface area contributed by atoms with Gasteiger partial charge in [-0.1, -0.05) is 18.2 Å². The van der Waals surface area contributed by atoms with Gasteiger partial charge in [0.1, 0.15) is 24.4 Å². The average Bonchev–Trinajstić information content (AvgIpc) is 3.04. The second-order valence-electron chi connectivity index (χ2n) is 5.64. The Kier molecular flexibility index (Phi) is 5.58. The van der Waals surface area contributed by atoms with Crippen LogP contribution in [0.1, 0.15) is 18.1 Å². The number of aromatic nitrogens is 3.